The second kappa shape index (κ2) is 9.82. The van der Waals surface area contributed by atoms with Crippen LogP contribution in [0.4, 0.5) is 0 Å². The van der Waals surface area contributed by atoms with Crippen LogP contribution in [0.5, 0.6) is 0 Å². The van der Waals surface area contributed by atoms with Gasteiger partial charge in [-0.2, -0.15) is 0 Å². The molecule has 1 N–H and O–H groups in total. The van der Waals surface area contributed by atoms with Gasteiger partial charge in [0, 0.05) is 10.9 Å². The van der Waals surface area contributed by atoms with Crippen LogP contribution in [0.25, 0.3) is 0 Å². The molecule has 0 spiro atoms. The largest absolute Gasteiger partial charge is 0.463 e. The van der Waals surface area contributed by atoms with Crippen molar-refractivity contribution < 1.29 is 28.3 Å². The predicted octanol–water partition coefficient (Wildman–Crippen LogP) is 3.04. The van der Waals surface area contributed by atoms with Crippen LogP contribution in [-0.2, 0) is 20.9 Å². The zero-order valence-electron chi connectivity index (χ0n) is 15.3. The minimum Gasteiger partial charge on any atom is -0.463 e. The molecule has 1 aromatic heterocycles. The molecule has 8 heteroatoms. The summed E-state index contributed by atoms with van der Waals surface area (Å²) in [4.78, 5) is 36.2. The van der Waals surface area contributed by atoms with Crippen LogP contribution in [0, 0.1) is 0 Å². The van der Waals surface area contributed by atoms with E-state index in [1.54, 1.807) is 24.3 Å². The Kier molecular flexibility index (Phi) is 7.48. The monoisotopic (exact) mass is 391 g/mol. The summed E-state index contributed by atoms with van der Waals surface area (Å²) in [7, 11) is 1.25. The number of methoxy groups -OCH3 is 1. The predicted molar refractivity (Wildman–Crippen MR) is 99.6 cm³/mol. The van der Waals surface area contributed by atoms with Crippen LogP contribution in [0.3, 0.4) is 0 Å². The lowest BCUT2D eigenvalue weighted by Crippen LogP contribution is -2.31. The maximum Gasteiger partial charge on any atom is 0.373 e. The number of furan rings is 1. The van der Waals surface area contributed by atoms with E-state index in [0.717, 1.165) is 0 Å². The summed E-state index contributed by atoms with van der Waals surface area (Å²) in [6.45, 7) is 3.64. The summed E-state index contributed by atoms with van der Waals surface area (Å²) in [5, 5.41) is 2.80. The van der Waals surface area contributed by atoms with Crippen molar-refractivity contribution in [2.24, 2.45) is 0 Å². The zero-order valence-corrected chi connectivity index (χ0v) is 16.1. The molecule has 144 valence electrons. The highest BCUT2D eigenvalue weighted by Crippen LogP contribution is 2.23. The van der Waals surface area contributed by atoms with E-state index < -0.39 is 11.9 Å². The molecule has 2 aromatic rings. The van der Waals surface area contributed by atoms with Crippen molar-refractivity contribution in [2.45, 2.75) is 31.4 Å². The maximum absolute atomic E-state index is 12.4. The number of thioether (sulfide) groups is 1. The van der Waals surface area contributed by atoms with Crippen LogP contribution in [0.15, 0.2) is 45.7 Å². The molecule has 0 saturated carbocycles. The maximum atomic E-state index is 12.4. The Morgan fingerprint density at radius 3 is 2.56 bits per heavy atom. The number of hydrogen-bond acceptors (Lipinski definition) is 7. The number of benzene rings is 1. The number of amides is 1. The first-order valence-corrected chi connectivity index (χ1v) is 9.24. The second-order valence-electron chi connectivity index (χ2n) is 5.84. The summed E-state index contributed by atoms with van der Waals surface area (Å²) in [6.07, 6.45) is 0. The highest BCUT2D eigenvalue weighted by atomic mass is 32.2. The lowest BCUT2D eigenvalue weighted by molar-refractivity contribution is -0.119. The van der Waals surface area contributed by atoms with Crippen molar-refractivity contribution in [3.63, 3.8) is 0 Å². The summed E-state index contributed by atoms with van der Waals surface area (Å²) < 4.78 is 15.1. The van der Waals surface area contributed by atoms with E-state index in [1.807, 2.05) is 13.8 Å². The molecule has 0 aliphatic carbocycles. The quantitative estimate of drug-likeness (QED) is 0.546. The SMILES string of the molecule is COC(=O)c1ccc(COC(=O)c2ccccc2SCC(=O)NC(C)C)o1. The van der Waals surface area contributed by atoms with E-state index in [-0.39, 0.29) is 30.1 Å². The second-order valence-corrected chi connectivity index (χ2v) is 6.86. The minimum absolute atomic E-state index is 0.0377. The van der Waals surface area contributed by atoms with Crippen LogP contribution in [0.2, 0.25) is 0 Å². The fourth-order valence-corrected chi connectivity index (χ4v) is 3.00. The molecule has 1 amide bonds. The van der Waals surface area contributed by atoms with Crippen molar-refractivity contribution in [2.75, 3.05) is 12.9 Å². The molecule has 0 radical (unpaired) electrons. The molecule has 7 nitrogen and oxygen atoms in total. The molecule has 0 aliphatic rings. The van der Waals surface area contributed by atoms with E-state index in [2.05, 4.69) is 10.1 Å². The van der Waals surface area contributed by atoms with Crippen LogP contribution < -0.4 is 5.32 Å². The van der Waals surface area contributed by atoms with Crippen molar-refractivity contribution in [1.82, 2.24) is 5.32 Å². The highest BCUT2D eigenvalue weighted by Gasteiger charge is 2.16. The van der Waals surface area contributed by atoms with Gasteiger partial charge in [0.25, 0.3) is 0 Å². The molecule has 0 unspecified atom stereocenters. The summed E-state index contributed by atoms with van der Waals surface area (Å²) in [6, 6.07) is 9.94. The average Bonchev–Trinajstić information content (AvgIpc) is 3.12. The van der Waals surface area contributed by atoms with E-state index in [0.29, 0.717) is 16.2 Å². The first-order chi connectivity index (χ1) is 12.9. The van der Waals surface area contributed by atoms with Crippen LogP contribution in [0.1, 0.15) is 40.5 Å². The third-order valence-electron chi connectivity index (χ3n) is 3.31. The fraction of sp³-hybridized carbons (Fsp3) is 0.316. The van der Waals surface area contributed by atoms with E-state index in [4.69, 9.17) is 9.15 Å². The van der Waals surface area contributed by atoms with Gasteiger partial charge in [-0.05, 0) is 38.1 Å². The Morgan fingerprint density at radius 1 is 1.11 bits per heavy atom. The fourth-order valence-electron chi connectivity index (χ4n) is 2.15. The molecule has 0 aliphatic heterocycles. The van der Waals surface area contributed by atoms with Gasteiger partial charge >= 0.3 is 11.9 Å². The standard InChI is InChI=1S/C19H21NO6S/c1-12(2)20-17(21)11-27-16-7-5-4-6-14(16)18(22)25-10-13-8-9-15(26-13)19(23)24-3/h4-9,12H,10-11H2,1-3H3,(H,20,21). The van der Waals surface area contributed by atoms with E-state index >= 15 is 0 Å². The number of nitrogens with one attached hydrogen (secondary N) is 1. The van der Waals surface area contributed by atoms with Crippen LogP contribution >= 0.6 is 11.8 Å². The number of hydrogen-bond donors (Lipinski definition) is 1. The Labute approximate surface area is 161 Å². The first kappa shape index (κ1) is 20.6. The number of carbonyl (C=O) groups excluding carboxylic acids is 3. The van der Waals surface area contributed by atoms with Gasteiger partial charge in [-0.25, -0.2) is 9.59 Å². The average molecular weight is 391 g/mol. The van der Waals surface area contributed by atoms with Gasteiger partial charge in [0.2, 0.25) is 11.7 Å². The first-order valence-electron chi connectivity index (χ1n) is 8.26. The number of rotatable bonds is 8. The van der Waals surface area contributed by atoms with Gasteiger partial charge in [-0.1, -0.05) is 12.1 Å². The molecule has 0 fully saturated rings. The molecule has 1 heterocycles. The smallest absolute Gasteiger partial charge is 0.373 e. The van der Waals surface area contributed by atoms with E-state index in [1.165, 1.54) is 31.0 Å². The molecule has 0 atom stereocenters. The molecule has 0 bridgehead atoms. The number of ether oxygens (including phenoxy) is 2. The molecule has 0 saturated heterocycles. The number of esters is 2. The Bertz CT molecular complexity index is 814. The molecular formula is C19H21NO6S. The third-order valence-corrected chi connectivity index (χ3v) is 4.38. The lowest BCUT2D eigenvalue weighted by Gasteiger charge is -2.10. The van der Waals surface area contributed by atoms with Crippen LogP contribution in [-0.4, -0.2) is 36.8 Å². The van der Waals surface area contributed by atoms with Gasteiger partial charge in [-0.15, -0.1) is 11.8 Å². The third kappa shape index (κ3) is 6.18. The lowest BCUT2D eigenvalue weighted by atomic mass is 10.2. The molecule has 2 rings (SSSR count). The normalized spacial score (nSPS) is 10.5. The van der Waals surface area contributed by atoms with Crippen molar-refractivity contribution in [1.29, 1.82) is 0 Å². The van der Waals surface area contributed by atoms with Crippen molar-refractivity contribution in [3.05, 3.63) is 53.5 Å². The molecule has 1 aromatic carbocycles. The minimum atomic E-state index is -0.603. The van der Waals surface area contributed by atoms with Crippen molar-refractivity contribution in [3.8, 4) is 0 Å². The van der Waals surface area contributed by atoms with E-state index in [9.17, 15) is 14.4 Å². The molecular weight excluding hydrogens is 370 g/mol. The molecule has 27 heavy (non-hydrogen) atoms. The topological polar surface area (TPSA) is 94.8 Å². The van der Waals surface area contributed by atoms with Gasteiger partial charge in [0.1, 0.15) is 12.4 Å². The van der Waals surface area contributed by atoms with Gasteiger partial charge in [-0.3, -0.25) is 4.79 Å². The van der Waals surface area contributed by atoms with Gasteiger partial charge in [0.05, 0.1) is 18.4 Å². The zero-order chi connectivity index (χ0) is 19.8. The Morgan fingerprint density at radius 2 is 1.85 bits per heavy atom. The van der Waals surface area contributed by atoms with Gasteiger partial charge < -0.3 is 19.2 Å². The van der Waals surface area contributed by atoms with Gasteiger partial charge in [0.15, 0.2) is 0 Å². The highest BCUT2D eigenvalue weighted by molar-refractivity contribution is 8.00. The Hall–Kier alpha value is -2.74. The number of carbonyl (C=O) groups is 3. The Balaban J connectivity index is 1.97. The summed E-state index contributed by atoms with van der Waals surface area (Å²) in [5.41, 5.74) is 0.361. The van der Waals surface area contributed by atoms with Crippen molar-refractivity contribution >= 4 is 29.6 Å². The summed E-state index contributed by atoms with van der Waals surface area (Å²) in [5.74, 6) is -0.694. The summed E-state index contributed by atoms with van der Waals surface area (Å²) >= 11 is 1.26.